The Balaban J connectivity index is 1.53. The maximum Gasteiger partial charge on any atom is 0.227 e. The van der Waals surface area contributed by atoms with E-state index in [9.17, 15) is 9.59 Å². The number of carbonyl (C=O) groups excluding carboxylic acids is 2. The van der Waals surface area contributed by atoms with Crippen LogP contribution in [0.1, 0.15) is 31.2 Å². The lowest BCUT2D eigenvalue weighted by molar-refractivity contribution is -0.135. The van der Waals surface area contributed by atoms with Crippen molar-refractivity contribution in [1.82, 2.24) is 4.90 Å². The van der Waals surface area contributed by atoms with Gasteiger partial charge in [0.15, 0.2) is 0 Å². The molecule has 118 valence electrons. The van der Waals surface area contributed by atoms with Crippen LogP contribution < -0.4 is 5.32 Å². The summed E-state index contributed by atoms with van der Waals surface area (Å²) in [6.45, 7) is 3.43. The summed E-state index contributed by atoms with van der Waals surface area (Å²) in [7, 11) is 0. The quantitative estimate of drug-likeness (QED) is 0.893. The molecule has 5 heteroatoms. The molecule has 1 heterocycles. The van der Waals surface area contributed by atoms with E-state index < -0.39 is 0 Å². The number of piperidine rings is 1. The third-order valence-electron chi connectivity index (χ3n) is 4.53. The van der Waals surface area contributed by atoms with Crippen molar-refractivity contribution >= 4 is 33.4 Å². The van der Waals surface area contributed by atoms with Gasteiger partial charge in [0.05, 0.1) is 0 Å². The van der Waals surface area contributed by atoms with E-state index >= 15 is 0 Å². The first kappa shape index (κ1) is 15.5. The van der Waals surface area contributed by atoms with E-state index in [0.717, 1.165) is 41.4 Å². The van der Waals surface area contributed by atoms with Gasteiger partial charge in [-0.2, -0.15) is 0 Å². The van der Waals surface area contributed by atoms with E-state index in [2.05, 4.69) is 21.2 Å². The molecule has 2 amide bonds. The molecule has 1 saturated carbocycles. The number of hydrogen-bond acceptors (Lipinski definition) is 2. The number of likely N-dealkylation sites (tertiary alicyclic amines) is 1. The predicted octanol–water partition coefficient (Wildman–Crippen LogP) is 3.34. The Kier molecular flexibility index (Phi) is 4.52. The van der Waals surface area contributed by atoms with Gasteiger partial charge in [-0.25, -0.2) is 0 Å². The maximum absolute atomic E-state index is 12.4. The minimum Gasteiger partial charge on any atom is -0.342 e. The molecular formula is C17H21BrN2O2. The minimum absolute atomic E-state index is 0.00667. The topological polar surface area (TPSA) is 49.4 Å². The molecule has 0 aromatic heterocycles. The summed E-state index contributed by atoms with van der Waals surface area (Å²) in [5.74, 6) is 0.644. The van der Waals surface area contributed by atoms with Crippen molar-refractivity contribution in [3.63, 3.8) is 0 Å². The summed E-state index contributed by atoms with van der Waals surface area (Å²) in [4.78, 5) is 26.3. The van der Waals surface area contributed by atoms with E-state index in [-0.39, 0.29) is 17.7 Å². The van der Waals surface area contributed by atoms with Crippen molar-refractivity contribution in [1.29, 1.82) is 0 Å². The van der Waals surface area contributed by atoms with Crippen molar-refractivity contribution in [3.05, 3.63) is 28.2 Å². The van der Waals surface area contributed by atoms with E-state index in [4.69, 9.17) is 0 Å². The van der Waals surface area contributed by atoms with Gasteiger partial charge in [0, 0.05) is 35.1 Å². The maximum atomic E-state index is 12.4. The highest BCUT2D eigenvalue weighted by molar-refractivity contribution is 9.10. The van der Waals surface area contributed by atoms with Crippen LogP contribution >= 0.6 is 15.9 Å². The van der Waals surface area contributed by atoms with Gasteiger partial charge < -0.3 is 10.2 Å². The van der Waals surface area contributed by atoms with Crippen LogP contribution in [0.4, 0.5) is 5.69 Å². The number of nitrogens with zero attached hydrogens (tertiary/aromatic N) is 1. The van der Waals surface area contributed by atoms with Gasteiger partial charge in [-0.05, 0) is 56.4 Å². The molecule has 2 fully saturated rings. The van der Waals surface area contributed by atoms with Crippen molar-refractivity contribution in [2.75, 3.05) is 18.4 Å². The largest absolute Gasteiger partial charge is 0.342 e. The summed E-state index contributed by atoms with van der Waals surface area (Å²) >= 11 is 3.46. The summed E-state index contributed by atoms with van der Waals surface area (Å²) < 4.78 is 1.04. The van der Waals surface area contributed by atoms with Crippen LogP contribution in [0.15, 0.2) is 22.7 Å². The molecule has 1 aromatic rings. The van der Waals surface area contributed by atoms with Crippen molar-refractivity contribution in [2.24, 2.45) is 11.8 Å². The number of benzene rings is 1. The van der Waals surface area contributed by atoms with E-state index in [0.29, 0.717) is 19.0 Å². The first-order valence-corrected chi connectivity index (χ1v) is 8.69. The minimum atomic E-state index is 0.00667. The zero-order valence-corrected chi connectivity index (χ0v) is 14.4. The molecule has 0 bridgehead atoms. The van der Waals surface area contributed by atoms with Crippen LogP contribution in [-0.4, -0.2) is 29.8 Å². The molecule has 0 unspecified atom stereocenters. The average Bonchev–Trinajstić information content (AvgIpc) is 3.35. The van der Waals surface area contributed by atoms with Crippen LogP contribution in [0.5, 0.6) is 0 Å². The van der Waals surface area contributed by atoms with E-state index in [1.54, 1.807) is 0 Å². The van der Waals surface area contributed by atoms with Crippen LogP contribution in [0.3, 0.4) is 0 Å². The number of rotatable bonds is 3. The van der Waals surface area contributed by atoms with Crippen LogP contribution in [0.2, 0.25) is 0 Å². The molecule has 22 heavy (non-hydrogen) atoms. The summed E-state index contributed by atoms with van der Waals surface area (Å²) in [5, 5.41) is 3.00. The molecule has 0 radical (unpaired) electrons. The van der Waals surface area contributed by atoms with Gasteiger partial charge in [-0.3, -0.25) is 9.59 Å². The first-order chi connectivity index (χ1) is 10.5. The molecule has 1 aliphatic heterocycles. The Labute approximate surface area is 139 Å². The van der Waals surface area contributed by atoms with Gasteiger partial charge in [0.2, 0.25) is 11.8 Å². The molecule has 0 spiro atoms. The number of halogens is 1. The molecule has 1 aliphatic carbocycles. The number of amides is 2. The van der Waals surface area contributed by atoms with Crippen LogP contribution in [0, 0.1) is 18.8 Å². The second-order valence-electron chi connectivity index (χ2n) is 6.33. The monoisotopic (exact) mass is 364 g/mol. The van der Waals surface area contributed by atoms with Crippen molar-refractivity contribution in [3.8, 4) is 0 Å². The summed E-state index contributed by atoms with van der Waals surface area (Å²) in [6.07, 6.45) is 3.62. The highest BCUT2D eigenvalue weighted by atomic mass is 79.9. The van der Waals surface area contributed by atoms with Gasteiger partial charge in [0.1, 0.15) is 0 Å². The third-order valence-corrected chi connectivity index (χ3v) is 5.42. The van der Waals surface area contributed by atoms with Crippen molar-refractivity contribution in [2.45, 2.75) is 32.6 Å². The van der Waals surface area contributed by atoms with Gasteiger partial charge >= 0.3 is 0 Å². The predicted molar refractivity (Wildman–Crippen MR) is 89.5 cm³/mol. The highest BCUT2D eigenvalue weighted by Crippen LogP contribution is 2.32. The van der Waals surface area contributed by atoms with Gasteiger partial charge in [0.25, 0.3) is 0 Å². The van der Waals surface area contributed by atoms with E-state index in [1.807, 2.05) is 30.0 Å². The fourth-order valence-electron chi connectivity index (χ4n) is 2.92. The van der Waals surface area contributed by atoms with Gasteiger partial charge in [-0.15, -0.1) is 0 Å². The number of carbonyl (C=O) groups is 2. The number of hydrogen-bond donors (Lipinski definition) is 1. The second-order valence-corrected chi connectivity index (χ2v) is 7.18. The molecule has 3 rings (SSSR count). The highest BCUT2D eigenvalue weighted by Gasteiger charge is 2.35. The molecule has 4 nitrogen and oxygen atoms in total. The Morgan fingerprint density at radius 3 is 2.41 bits per heavy atom. The number of anilines is 1. The fraction of sp³-hybridized carbons (Fsp3) is 0.529. The summed E-state index contributed by atoms with van der Waals surface area (Å²) in [5.41, 5.74) is 1.94. The molecule has 1 N–H and O–H groups in total. The van der Waals surface area contributed by atoms with Crippen LogP contribution in [0.25, 0.3) is 0 Å². The normalized spacial score (nSPS) is 19.1. The van der Waals surface area contributed by atoms with Gasteiger partial charge in [-0.1, -0.05) is 15.9 Å². The summed E-state index contributed by atoms with van der Waals surface area (Å²) in [6, 6.07) is 5.82. The average molecular weight is 365 g/mol. The third kappa shape index (κ3) is 3.51. The lowest BCUT2D eigenvalue weighted by Crippen LogP contribution is -2.42. The first-order valence-electron chi connectivity index (χ1n) is 7.90. The fourth-order valence-corrected chi connectivity index (χ4v) is 3.16. The van der Waals surface area contributed by atoms with Crippen LogP contribution in [-0.2, 0) is 9.59 Å². The number of aryl methyl sites for hydroxylation is 1. The molecule has 2 aliphatic rings. The SMILES string of the molecule is Cc1cc(NC(=O)C2CCN(C(=O)C3CC3)CC2)ccc1Br. The standard InChI is InChI=1S/C17H21BrN2O2/c1-11-10-14(4-5-15(11)18)19-16(21)12-6-8-20(9-7-12)17(22)13-2-3-13/h4-5,10,12-13H,2-3,6-9H2,1H3,(H,19,21). The zero-order chi connectivity index (χ0) is 15.7. The molecule has 1 saturated heterocycles. The molecular weight excluding hydrogens is 344 g/mol. The Bertz CT molecular complexity index is 590. The molecule has 1 aromatic carbocycles. The van der Waals surface area contributed by atoms with Crippen molar-refractivity contribution < 1.29 is 9.59 Å². The Morgan fingerprint density at radius 2 is 1.82 bits per heavy atom. The van der Waals surface area contributed by atoms with E-state index in [1.165, 1.54) is 0 Å². The second kappa shape index (κ2) is 6.41. The molecule has 0 atom stereocenters. The number of nitrogens with one attached hydrogen (secondary N) is 1. The lowest BCUT2D eigenvalue weighted by Gasteiger charge is -2.31. The Morgan fingerprint density at radius 1 is 1.14 bits per heavy atom. The smallest absolute Gasteiger partial charge is 0.227 e. The Hall–Kier alpha value is -1.36. The zero-order valence-electron chi connectivity index (χ0n) is 12.8. The lowest BCUT2D eigenvalue weighted by atomic mass is 9.95.